The number of pyridine rings is 1. The summed E-state index contributed by atoms with van der Waals surface area (Å²) in [4.78, 5) is 0. The average Bonchev–Trinajstić information content (AvgIpc) is 2.64. The Kier molecular flexibility index (Phi) is 2.25. The molecule has 0 radical (unpaired) electrons. The molecule has 2 heterocycles. The van der Waals surface area contributed by atoms with Gasteiger partial charge in [0, 0.05) is 23.4 Å². The maximum atomic E-state index is 3.45. The summed E-state index contributed by atoms with van der Waals surface area (Å²) in [5.41, 5.74) is 5.88. The molecule has 0 aromatic carbocycles. The lowest BCUT2D eigenvalue weighted by atomic mass is 9.90. The molecule has 2 heteroatoms. The average molecular weight is 214 g/mol. The largest absolute Gasteiger partial charge is 0.320 e. The van der Waals surface area contributed by atoms with E-state index in [0.29, 0.717) is 6.04 Å². The van der Waals surface area contributed by atoms with Gasteiger partial charge < -0.3 is 9.72 Å². The van der Waals surface area contributed by atoms with Crippen LogP contribution in [0.25, 0.3) is 5.52 Å². The monoisotopic (exact) mass is 214 g/mol. The minimum absolute atomic E-state index is 0.545. The molecule has 0 spiro atoms. The minimum Gasteiger partial charge on any atom is -0.320 e. The minimum atomic E-state index is 0.545. The molecule has 1 atom stereocenters. The quantitative estimate of drug-likeness (QED) is 0.772. The van der Waals surface area contributed by atoms with Crippen molar-refractivity contribution in [3.8, 4) is 0 Å². The highest BCUT2D eigenvalue weighted by molar-refractivity contribution is 5.62. The summed E-state index contributed by atoms with van der Waals surface area (Å²) in [7, 11) is 2.07. The van der Waals surface area contributed by atoms with Crippen molar-refractivity contribution >= 4 is 5.52 Å². The summed E-state index contributed by atoms with van der Waals surface area (Å²) in [5, 5.41) is 3.45. The van der Waals surface area contributed by atoms with Gasteiger partial charge >= 0.3 is 0 Å². The van der Waals surface area contributed by atoms with E-state index in [-0.39, 0.29) is 0 Å². The first-order valence-corrected chi connectivity index (χ1v) is 6.08. The topological polar surface area (TPSA) is 16.4 Å². The van der Waals surface area contributed by atoms with Gasteiger partial charge in [0.1, 0.15) is 0 Å². The van der Waals surface area contributed by atoms with Crippen LogP contribution in [0.2, 0.25) is 0 Å². The van der Waals surface area contributed by atoms with Gasteiger partial charge in [0.05, 0.1) is 0 Å². The van der Waals surface area contributed by atoms with E-state index in [2.05, 4.69) is 48.1 Å². The Hall–Kier alpha value is -1.28. The Morgan fingerprint density at radius 3 is 3.06 bits per heavy atom. The van der Waals surface area contributed by atoms with Crippen molar-refractivity contribution in [2.45, 2.75) is 32.2 Å². The predicted octanol–water partition coefficient (Wildman–Crippen LogP) is 2.84. The van der Waals surface area contributed by atoms with Gasteiger partial charge in [-0.05, 0) is 56.5 Å². The van der Waals surface area contributed by atoms with E-state index in [1.807, 2.05) is 0 Å². The normalized spacial score (nSPS) is 20.0. The maximum absolute atomic E-state index is 3.45. The molecule has 1 aliphatic carbocycles. The molecule has 2 aromatic heterocycles. The Labute approximate surface area is 96.3 Å². The van der Waals surface area contributed by atoms with Gasteiger partial charge in [0.25, 0.3) is 0 Å². The zero-order valence-corrected chi connectivity index (χ0v) is 9.96. The molecule has 0 saturated heterocycles. The number of aromatic nitrogens is 1. The highest BCUT2D eigenvalue weighted by Gasteiger charge is 2.24. The summed E-state index contributed by atoms with van der Waals surface area (Å²) in [6.45, 7) is 2.25. The van der Waals surface area contributed by atoms with Crippen LogP contribution in [0.15, 0.2) is 24.4 Å². The first-order chi connectivity index (χ1) is 7.83. The fourth-order valence-corrected chi connectivity index (χ4v) is 3.09. The van der Waals surface area contributed by atoms with Crippen LogP contribution in [-0.4, -0.2) is 11.4 Å². The molecule has 1 aliphatic rings. The van der Waals surface area contributed by atoms with Crippen molar-refractivity contribution in [2.75, 3.05) is 7.05 Å². The number of aryl methyl sites for hydroxylation is 2. The van der Waals surface area contributed by atoms with Crippen LogP contribution in [-0.2, 0) is 6.42 Å². The van der Waals surface area contributed by atoms with Crippen LogP contribution in [0.5, 0.6) is 0 Å². The van der Waals surface area contributed by atoms with Crippen molar-refractivity contribution in [3.63, 3.8) is 0 Å². The molecule has 84 valence electrons. The van der Waals surface area contributed by atoms with Crippen LogP contribution in [0, 0.1) is 6.92 Å². The Balaban J connectivity index is 2.33. The Morgan fingerprint density at radius 2 is 2.25 bits per heavy atom. The van der Waals surface area contributed by atoms with E-state index in [1.54, 1.807) is 5.56 Å². The second-order valence-electron chi connectivity index (χ2n) is 4.67. The van der Waals surface area contributed by atoms with E-state index in [0.717, 1.165) is 0 Å². The molecular weight excluding hydrogens is 196 g/mol. The third-order valence-corrected chi connectivity index (χ3v) is 3.85. The molecule has 0 saturated carbocycles. The highest BCUT2D eigenvalue weighted by atomic mass is 14.9. The van der Waals surface area contributed by atoms with E-state index in [1.165, 1.54) is 36.0 Å². The number of fused-ring (bicyclic) bond motifs is 3. The van der Waals surface area contributed by atoms with Gasteiger partial charge in [0.15, 0.2) is 0 Å². The Bertz CT molecular complexity index is 525. The number of rotatable bonds is 1. The van der Waals surface area contributed by atoms with Crippen LogP contribution >= 0.6 is 0 Å². The zero-order valence-electron chi connectivity index (χ0n) is 9.96. The fourth-order valence-electron chi connectivity index (χ4n) is 3.09. The molecule has 0 fully saturated rings. The highest BCUT2D eigenvalue weighted by Crippen LogP contribution is 2.35. The van der Waals surface area contributed by atoms with Crippen LogP contribution in [0.1, 0.15) is 35.7 Å². The molecule has 16 heavy (non-hydrogen) atoms. The molecule has 1 unspecified atom stereocenters. The summed E-state index contributed by atoms with van der Waals surface area (Å²) in [6.07, 6.45) is 5.96. The third-order valence-electron chi connectivity index (χ3n) is 3.85. The Morgan fingerprint density at radius 1 is 1.38 bits per heavy atom. The van der Waals surface area contributed by atoms with Gasteiger partial charge in [-0.15, -0.1) is 0 Å². The summed E-state index contributed by atoms with van der Waals surface area (Å²) in [5.74, 6) is 0. The first-order valence-electron chi connectivity index (χ1n) is 6.08. The summed E-state index contributed by atoms with van der Waals surface area (Å²) < 4.78 is 2.37. The van der Waals surface area contributed by atoms with Gasteiger partial charge in [0.2, 0.25) is 0 Å². The summed E-state index contributed by atoms with van der Waals surface area (Å²) in [6, 6.07) is 7.02. The number of hydrogen-bond acceptors (Lipinski definition) is 1. The number of hydrogen-bond donors (Lipinski definition) is 1. The first kappa shape index (κ1) is 9.91. The van der Waals surface area contributed by atoms with Crippen molar-refractivity contribution < 1.29 is 0 Å². The lowest BCUT2D eigenvalue weighted by Gasteiger charge is -2.23. The second kappa shape index (κ2) is 3.63. The standard InChI is InChI=1S/C14H18N2/c1-10-12-7-3-4-9-16(12)13-8-5-6-11(15-2)14(10)13/h3-4,7,9,11,15H,5-6,8H2,1-2H3. The SMILES string of the molecule is CNC1CCCc2c1c(C)c1ccccn21. The molecule has 2 nitrogen and oxygen atoms in total. The van der Waals surface area contributed by atoms with E-state index < -0.39 is 0 Å². The molecule has 0 amide bonds. The molecule has 1 N–H and O–H groups in total. The van der Waals surface area contributed by atoms with Crippen LogP contribution in [0.3, 0.4) is 0 Å². The molecule has 2 aromatic rings. The molecule has 0 bridgehead atoms. The lowest BCUT2D eigenvalue weighted by Crippen LogP contribution is -2.21. The van der Waals surface area contributed by atoms with Gasteiger partial charge in [-0.2, -0.15) is 0 Å². The van der Waals surface area contributed by atoms with Crippen LogP contribution in [0.4, 0.5) is 0 Å². The van der Waals surface area contributed by atoms with Crippen LogP contribution < -0.4 is 5.32 Å². The fraction of sp³-hybridized carbons (Fsp3) is 0.429. The predicted molar refractivity (Wildman–Crippen MR) is 66.9 cm³/mol. The van der Waals surface area contributed by atoms with Crippen molar-refractivity contribution in [1.29, 1.82) is 0 Å². The third kappa shape index (κ3) is 1.23. The van der Waals surface area contributed by atoms with E-state index >= 15 is 0 Å². The number of nitrogens with one attached hydrogen (secondary N) is 1. The summed E-state index contributed by atoms with van der Waals surface area (Å²) >= 11 is 0. The van der Waals surface area contributed by atoms with Crippen molar-refractivity contribution in [2.24, 2.45) is 0 Å². The van der Waals surface area contributed by atoms with E-state index in [4.69, 9.17) is 0 Å². The second-order valence-corrected chi connectivity index (χ2v) is 4.67. The van der Waals surface area contributed by atoms with Crippen molar-refractivity contribution in [1.82, 2.24) is 9.72 Å². The number of nitrogens with zero attached hydrogens (tertiary/aromatic N) is 1. The van der Waals surface area contributed by atoms with Gasteiger partial charge in [-0.1, -0.05) is 6.07 Å². The molecule has 0 aliphatic heterocycles. The van der Waals surface area contributed by atoms with Gasteiger partial charge in [-0.3, -0.25) is 0 Å². The molecular formula is C14H18N2. The molecule has 3 rings (SSSR count). The van der Waals surface area contributed by atoms with Gasteiger partial charge in [-0.25, -0.2) is 0 Å². The lowest BCUT2D eigenvalue weighted by molar-refractivity contribution is 0.490. The smallest absolute Gasteiger partial charge is 0.0485 e. The van der Waals surface area contributed by atoms with E-state index in [9.17, 15) is 0 Å². The maximum Gasteiger partial charge on any atom is 0.0485 e. The zero-order chi connectivity index (χ0) is 11.1. The van der Waals surface area contributed by atoms with Crippen molar-refractivity contribution in [3.05, 3.63) is 41.2 Å².